The molecule has 0 heterocycles. The minimum Gasteiger partial charge on any atom is -0.508 e. The van der Waals surface area contributed by atoms with Gasteiger partial charge in [0.1, 0.15) is 11.6 Å². The molecule has 0 bridgehead atoms. The van der Waals surface area contributed by atoms with Crippen LogP contribution in [0.25, 0.3) is 0 Å². The molecule has 2 rings (SSSR count). The fourth-order valence-electron chi connectivity index (χ4n) is 1.99. The van der Waals surface area contributed by atoms with E-state index in [1.807, 2.05) is 25.1 Å². The lowest BCUT2D eigenvalue weighted by Gasteiger charge is -2.12. The van der Waals surface area contributed by atoms with E-state index in [4.69, 9.17) is 9.47 Å². The summed E-state index contributed by atoms with van der Waals surface area (Å²) in [6, 6.07) is 9.44. The van der Waals surface area contributed by atoms with Crippen LogP contribution in [-0.2, 0) is 6.54 Å². The van der Waals surface area contributed by atoms with Crippen LogP contribution in [0.15, 0.2) is 36.4 Å². The normalized spacial score (nSPS) is 10.2. The second kappa shape index (κ2) is 6.83. The maximum absolute atomic E-state index is 13.2. The second-order valence-electron chi connectivity index (χ2n) is 4.47. The summed E-state index contributed by atoms with van der Waals surface area (Å²) in [5, 5.41) is 12.5. The first-order valence-corrected chi connectivity index (χ1v) is 6.65. The van der Waals surface area contributed by atoms with Gasteiger partial charge in [-0.2, -0.15) is 0 Å². The van der Waals surface area contributed by atoms with E-state index in [1.54, 1.807) is 7.11 Å². The number of hydrogen-bond acceptors (Lipinski definition) is 4. The molecule has 0 saturated heterocycles. The minimum absolute atomic E-state index is 0.0870. The Kier molecular flexibility index (Phi) is 4.87. The molecule has 0 aliphatic carbocycles. The number of rotatable bonds is 6. The molecule has 0 atom stereocenters. The lowest BCUT2D eigenvalue weighted by molar-refractivity contribution is 0.311. The summed E-state index contributed by atoms with van der Waals surface area (Å²) in [6.07, 6.45) is 0. The van der Waals surface area contributed by atoms with Gasteiger partial charge in [-0.1, -0.05) is 0 Å². The highest BCUT2D eigenvalue weighted by Crippen LogP contribution is 2.30. The number of aromatic hydroxyl groups is 1. The van der Waals surface area contributed by atoms with Gasteiger partial charge in [-0.15, -0.1) is 0 Å². The smallest absolute Gasteiger partial charge is 0.162 e. The second-order valence-corrected chi connectivity index (χ2v) is 4.47. The monoisotopic (exact) mass is 291 g/mol. The van der Waals surface area contributed by atoms with Crippen LogP contribution in [0.3, 0.4) is 0 Å². The molecule has 0 saturated carbocycles. The number of phenols is 1. The van der Waals surface area contributed by atoms with Gasteiger partial charge in [0.2, 0.25) is 0 Å². The highest BCUT2D eigenvalue weighted by molar-refractivity contribution is 5.55. The van der Waals surface area contributed by atoms with Gasteiger partial charge in [0.25, 0.3) is 0 Å². The molecule has 0 fully saturated rings. The first-order chi connectivity index (χ1) is 10.1. The van der Waals surface area contributed by atoms with E-state index in [-0.39, 0.29) is 5.75 Å². The molecule has 2 aromatic carbocycles. The Morgan fingerprint density at radius 3 is 2.62 bits per heavy atom. The average Bonchev–Trinajstić information content (AvgIpc) is 2.45. The highest BCUT2D eigenvalue weighted by atomic mass is 19.1. The number of hydrogen-bond donors (Lipinski definition) is 2. The number of ether oxygens (including phenoxy) is 2. The SMILES string of the molecule is CCOc1ccc(NCc2cc(O)cc(F)c2)cc1OC. The van der Waals surface area contributed by atoms with E-state index in [0.29, 0.717) is 30.2 Å². The summed E-state index contributed by atoms with van der Waals surface area (Å²) in [7, 11) is 1.58. The first-order valence-electron chi connectivity index (χ1n) is 6.65. The molecule has 0 aliphatic rings. The number of nitrogens with one attached hydrogen (secondary N) is 1. The van der Waals surface area contributed by atoms with Crippen LogP contribution >= 0.6 is 0 Å². The van der Waals surface area contributed by atoms with Gasteiger partial charge in [0.05, 0.1) is 13.7 Å². The number of methoxy groups -OCH3 is 1. The highest BCUT2D eigenvalue weighted by Gasteiger charge is 2.06. The number of anilines is 1. The van der Waals surface area contributed by atoms with Crippen molar-refractivity contribution in [3.63, 3.8) is 0 Å². The molecule has 2 aromatic rings. The number of phenolic OH excluding ortho intramolecular Hbond substituents is 1. The molecule has 0 amide bonds. The van der Waals surface area contributed by atoms with E-state index in [2.05, 4.69) is 5.32 Å². The van der Waals surface area contributed by atoms with Crippen LogP contribution in [0.5, 0.6) is 17.2 Å². The van der Waals surface area contributed by atoms with Crippen molar-refractivity contribution in [3.05, 3.63) is 47.8 Å². The number of benzene rings is 2. The topological polar surface area (TPSA) is 50.7 Å². The zero-order chi connectivity index (χ0) is 15.2. The molecule has 112 valence electrons. The van der Waals surface area contributed by atoms with Gasteiger partial charge in [0, 0.05) is 24.4 Å². The van der Waals surface area contributed by atoms with Crippen LogP contribution in [-0.4, -0.2) is 18.8 Å². The zero-order valence-electron chi connectivity index (χ0n) is 12.0. The molecular formula is C16H18FNO3. The van der Waals surface area contributed by atoms with Gasteiger partial charge in [-0.25, -0.2) is 4.39 Å². The lowest BCUT2D eigenvalue weighted by atomic mass is 10.2. The molecule has 5 heteroatoms. The first kappa shape index (κ1) is 15.0. The lowest BCUT2D eigenvalue weighted by Crippen LogP contribution is -2.01. The van der Waals surface area contributed by atoms with Crippen molar-refractivity contribution in [2.45, 2.75) is 13.5 Å². The molecular weight excluding hydrogens is 273 g/mol. The van der Waals surface area contributed by atoms with Gasteiger partial charge in [-0.05, 0) is 36.8 Å². The average molecular weight is 291 g/mol. The third kappa shape index (κ3) is 4.02. The van der Waals surface area contributed by atoms with Crippen molar-refractivity contribution in [1.29, 1.82) is 0 Å². The maximum Gasteiger partial charge on any atom is 0.162 e. The molecule has 2 N–H and O–H groups in total. The maximum atomic E-state index is 13.2. The van der Waals surface area contributed by atoms with Crippen molar-refractivity contribution in [1.82, 2.24) is 0 Å². The Bertz CT molecular complexity index is 596. The van der Waals surface area contributed by atoms with Crippen molar-refractivity contribution >= 4 is 5.69 Å². The molecule has 0 unspecified atom stereocenters. The summed E-state index contributed by atoms with van der Waals surface area (Å²) < 4.78 is 23.9. The quantitative estimate of drug-likeness (QED) is 0.854. The van der Waals surface area contributed by atoms with Crippen LogP contribution in [0, 0.1) is 5.82 Å². The van der Waals surface area contributed by atoms with Gasteiger partial charge < -0.3 is 19.9 Å². The van der Waals surface area contributed by atoms with E-state index >= 15 is 0 Å². The third-order valence-electron chi connectivity index (χ3n) is 2.90. The Hall–Kier alpha value is -2.43. The van der Waals surface area contributed by atoms with Gasteiger partial charge >= 0.3 is 0 Å². The Balaban J connectivity index is 2.09. The van der Waals surface area contributed by atoms with Crippen molar-refractivity contribution in [3.8, 4) is 17.2 Å². The number of halogens is 1. The summed E-state index contributed by atoms with van der Waals surface area (Å²) in [5.41, 5.74) is 1.47. The molecule has 0 aromatic heterocycles. The zero-order valence-corrected chi connectivity index (χ0v) is 12.0. The molecule has 0 aliphatic heterocycles. The van der Waals surface area contributed by atoms with E-state index in [0.717, 1.165) is 11.8 Å². The predicted octanol–water partition coefficient (Wildman–Crippen LogP) is 3.55. The van der Waals surface area contributed by atoms with E-state index < -0.39 is 5.82 Å². The summed E-state index contributed by atoms with van der Waals surface area (Å²) in [4.78, 5) is 0. The Labute approximate surface area is 123 Å². The molecule has 0 spiro atoms. The van der Waals surface area contributed by atoms with Crippen molar-refractivity contribution < 1.29 is 19.0 Å². The Morgan fingerprint density at radius 2 is 1.95 bits per heavy atom. The third-order valence-corrected chi connectivity index (χ3v) is 2.90. The predicted molar refractivity (Wildman–Crippen MR) is 79.6 cm³/mol. The van der Waals surface area contributed by atoms with Gasteiger partial charge in [0.15, 0.2) is 11.5 Å². The fourth-order valence-corrected chi connectivity index (χ4v) is 1.99. The molecule has 0 radical (unpaired) electrons. The van der Waals surface area contributed by atoms with Crippen molar-refractivity contribution in [2.24, 2.45) is 0 Å². The summed E-state index contributed by atoms with van der Waals surface area (Å²) >= 11 is 0. The fraction of sp³-hybridized carbons (Fsp3) is 0.250. The van der Waals surface area contributed by atoms with Crippen molar-refractivity contribution in [2.75, 3.05) is 19.0 Å². The van der Waals surface area contributed by atoms with E-state index in [9.17, 15) is 9.50 Å². The van der Waals surface area contributed by atoms with Crippen LogP contribution < -0.4 is 14.8 Å². The Morgan fingerprint density at radius 1 is 1.14 bits per heavy atom. The summed E-state index contributed by atoms with van der Waals surface area (Å²) in [5.74, 6) is 0.755. The van der Waals surface area contributed by atoms with Crippen LogP contribution in [0.2, 0.25) is 0 Å². The molecule has 4 nitrogen and oxygen atoms in total. The van der Waals surface area contributed by atoms with Crippen LogP contribution in [0.4, 0.5) is 10.1 Å². The van der Waals surface area contributed by atoms with Gasteiger partial charge in [-0.3, -0.25) is 0 Å². The molecule has 21 heavy (non-hydrogen) atoms. The van der Waals surface area contributed by atoms with E-state index in [1.165, 1.54) is 12.1 Å². The standard InChI is InChI=1S/C16H18FNO3/c1-3-21-15-5-4-13(9-16(15)20-2)18-10-11-6-12(17)8-14(19)7-11/h4-9,18-19H,3,10H2,1-2H3. The summed E-state index contributed by atoms with van der Waals surface area (Å²) in [6.45, 7) is 2.86. The largest absolute Gasteiger partial charge is 0.508 e. The minimum atomic E-state index is -0.462. The van der Waals surface area contributed by atoms with Crippen LogP contribution in [0.1, 0.15) is 12.5 Å².